The van der Waals surface area contributed by atoms with Gasteiger partial charge in [0.05, 0.1) is 24.8 Å². The Kier molecular flexibility index (Phi) is 7.50. The second-order valence-corrected chi connectivity index (χ2v) is 8.92. The summed E-state index contributed by atoms with van der Waals surface area (Å²) in [6, 6.07) is 11.3. The van der Waals surface area contributed by atoms with Crippen molar-refractivity contribution < 1.29 is 22.7 Å². The first-order valence-electron chi connectivity index (χ1n) is 9.27. The van der Waals surface area contributed by atoms with Crippen LogP contribution in [0.3, 0.4) is 0 Å². The molecule has 0 unspecified atom stereocenters. The van der Waals surface area contributed by atoms with E-state index in [0.717, 1.165) is 9.87 Å². The zero-order valence-electron chi connectivity index (χ0n) is 17.4. The summed E-state index contributed by atoms with van der Waals surface area (Å²) in [5.74, 6) is 0.656. The zero-order valence-corrected chi connectivity index (χ0v) is 18.2. The number of ether oxygens (including phenoxy) is 2. The molecule has 0 aromatic heterocycles. The van der Waals surface area contributed by atoms with Gasteiger partial charge in [-0.05, 0) is 37.1 Å². The maximum absolute atomic E-state index is 13.4. The first-order valence-corrected chi connectivity index (χ1v) is 10.7. The second-order valence-electron chi connectivity index (χ2n) is 7.06. The van der Waals surface area contributed by atoms with E-state index >= 15 is 0 Å². The minimum absolute atomic E-state index is 0.0950. The van der Waals surface area contributed by atoms with Crippen molar-refractivity contribution in [2.45, 2.75) is 25.7 Å². The Balaban J connectivity index is 2.51. The Morgan fingerprint density at radius 2 is 1.72 bits per heavy atom. The smallest absolute Gasteiger partial charge is 0.264 e. The molecule has 0 saturated heterocycles. The van der Waals surface area contributed by atoms with Gasteiger partial charge in [0, 0.05) is 12.6 Å². The van der Waals surface area contributed by atoms with Gasteiger partial charge in [0.25, 0.3) is 10.0 Å². The quantitative estimate of drug-likeness (QED) is 0.674. The molecule has 2 rings (SSSR count). The third-order valence-electron chi connectivity index (χ3n) is 4.26. The van der Waals surface area contributed by atoms with Gasteiger partial charge in [0.2, 0.25) is 5.91 Å². The highest BCUT2D eigenvalue weighted by molar-refractivity contribution is 7.92. The number of carbonyl (C=O) groups excluding carboxylic acids is 1. The van der Waals surface area contributed by atoms with Crippen molar-refractivity contribution in [1.82, 2.24) is 5.32 Å². The predicted molar refractivity (Wildman–Crippen MR) is 113 cm³/mol. The molecular weight excluding hydrogens is 392 g/mol. The molecular formula is C21H28N2O5S. The van der Waals surface area contributed by atoms with Crippen LogP contribution in [-0.4, -0.2) is 41.6 Å². The van der Waals surface area contributed by atoms with E-state index in [1.165, 1.54) is 26.4 Å². The Labute approximate surface area is 172 Å². The minimum atomic E-state index is -4.00. The SMILES string of the molecule is COc1ccc(N(CC(=O)NCC(C)C)S(=O)(=O)c2ccc(C)cc2)c(OC)c1. The molecule has 8 heteroatoms. The lowest BCUT2D eigenvalue weighted by Crippen LogP contribution is -2.42. The molecule has 0 bridgehead atoms. The van der Waals surface area contributed by atoms with Crippen LogP contribution in [0.25, 0.3) is 0 Å². The topological polar surface area (TPSA) is 84.9 Å². The predicted octanol–water partition coefficient (Wildman–Crippen LogP) is 2.98. The molecule has 29 heavy (non-hydrogen) atoms. The number of nitrogens with one attached hydrogen (secondary N) is 1. The van der Waals surface area contributed by atoms with Crippen LogP contribution in [0.2, 0.25) is 0 Å². The Morgan fingerprint density at radius 3 is 2.28 bits per heavy atom. The lowest BCUT2D eigenvalue weighted by Gasteiger charge is -2.26. The summed E-state index contributed by atoms with van der Waals surface area (Å²) in [5, 5.41) is 2.76. The van der Waals surface area contributed by atoms with Gasteiger partial charge in [-0.2, -0.15) is 0 Å². The van der Waals surface area contributed by atoms with E-state index in [9.17, 15) is 13.2 Å². The van der Waals surface area contributed by atoms with Crippen LogP contribution >= 0.6 is 0 Å². The lowest BCUT2D eigenvalue weighted by atomic mass is 10.2. The third-order valence-corrected chi connectivity index (χ3v) is 6.03. The molecule has 7 nitrogen and oxygen atoms in total. The fraction of sp³-hybridized carbons (Fsp3) is 0.381. The number of amides is 1. The van der Waals surface area contributed by atoms with E-state index in [1.54, 1.807) is 30.3 Å². The van der Waals surface area contributed by atoms with Crippen LogP contribution in [0.1, 0.15) is 19.4 Å². The normalized spacial score (nSPS) is 11.2. The molecule has 0 heterocycles. The summed E-state index contributed by atoms with van der Waals surface area (Å²) in [6.07, 6.45) is 0. The van der Waals surface area contributed by atoms with Crippen molar-refractivity contribution in [2.75, 3.05) is 31.6 Å². The fourth-order valence-corrected chi connectivity index (χ4v) is 4.06. The number of hydrogen-bond acceptors (Lipinski definition) is 5. The van der Waals surface area contributed by atoms with Crippen molar-refractivity contribution in [3.63, 3.8) is 0 Å². The van der Waals surface area contributed by atoms with Gasteiger partial charge in [-0.15, -0.1) is 0 Å². The largest absolute Gasteiger partial charge is 0.497 e. The van der Waals surface area contributed by atoms with Crippen molar-refractivity contribution in [2.24, 2.45) is 5.92 Å². The van der Waals surface area contributed by atoms with Crippen molar-refractivity contribution in [3.8, 4) is 11.5 Å². The molecule has 2 aromatic carbocycles. The number of carbonyl (C=O) groups is 1. The Hall–Kier alpha value is -2.74. The van der Waals surface area contributed by atoms with Crippen LogP contribution in [0.5, 0.6) is 11.5 Å². The number of hydrogen-bond donors (Lipinski definition) is 1. The highest BCUT2D eigenvalue weighted by Crippen LogP contribution is 2.35. The van der Waals surface area contributed by atoms with E-state index in [1.807, 2.05) is 20.8 Å². The number of nitrogens with zero attached hydrogens (tertiary/aromatic N) is 1. The summed E-state index contributed by atoms with van der Waals surface area (Å²) in [5.41, 5.74) is 1.20. The summed E-state index contributed by atoms with van der Waals surface area (Å²) in [6.45, 7) is 5.89. The molecule has 158 valence electrons. The second kappa shape index (κ2) is 9.65. The van der Waals surface area contributed by atoms with Crippen LogP contribution in [0.4, 0.5) is 5.69 Å². The summed E-state index contributed by atoms with van der Waals surface area (Å²) >= 11 is 0. The van der Waals surface area contributed by atoms with Crippen LogP contribution in [0.15, 0.2) is 47.4 Å². The number of aryl methyl sites for hydroxylation is 1. The van der Waals surface area contributed by atoms with Crippen LogP contribution in [-0.2, 0) is 14.8 Å². The highest BCUT2D eigenvalue weighted by atomic mass is 32.2. The maximum Gasteiger partial charge on any atom is 0.264 e. The average molecular weight is 421 g/mol. The molecule has 0 aliphatic heterocycles. The van der Waals surface area contributed by atoms with E-state index in [-0.39, 0.29) is 28.8 Å². The van der Waals surface area contributed by atoms with Gasteiger partial charge < -0.3 is 14.8 Å². The maximum atomic E-state index is 13.4. The van der Waals surface area contributed by atoms with Gasteiger partial charge in [0.15, 0.2) is 0 Å². The fourth-order valence-electron chi connectivity index (χ4n) is 2.63. The monoisotopic (exact) mass is 420 g/mol. The summed E-state index contributed by atoms with van der Waals surface area (Å²) < 4.78 is 38.4. The van der Waals surface area contributed by atoms with Crippen LogP contribution < -0.4 is 19.1 Å². The van der Waals surface area contributed by atoms with Gasteiger partial charge in [0.1, 0.15) is 18.0 Å². The average Bonchev–Trinajstić information content (AvgIpc) is 2.70. The lowest BCUT2D eigenvalue weighted by molar-refractivity contribution is -0.119. The summed E-state index contributed by atoms with van der Waals surface area (Å²) in [4.78, 5) is 12.6. The number of rotatable bonds is 9. The van der Waals surface area contributed by atoms with E-state index in [4.69, 9.17) is 9.47 Å². The first kappa shape index (κ1) is 22.5. The van der Waals surface area contributed by atoms with E-state index in [2.05, 4.69) is 5.32 Å². The molecule has 0 fully saturated rings. The Morgan fingerprint density at radius 1 is 1.07 bits per heavy atom. The summed E-state index contributed by atoms with van der Waals surface area (Å²) in [7, 11) is -1.06. The van der Waals surface area contributed by atoms with Crippen LogP contribution in [0, 0.1) is 12.8 Å². The number of anilines is 1. The molecule has 0 aliphatic carbocycles. The molecule has 0 radical (unpaired) electrons. The highest BCUT2D eigenvalue weighted by Gasteiger charge is 2.29. The number of sulfonamides is 1. The van der Waals surface area contributed by atoms with Gasteiger partial charge >= 0.3 is 0 Å². The molecule has 0 spiro atoms. The first-order chi connectivity index (χ1) is 13.7. The molecule has 0 atom stereocenters. The molecule has 0 saturated carbocycles. The standard InChI is InChI=1S/C21H28N2O5S/c1-15(2)13-22-21(24)14-23(19-11-8-17(27-4)12-20(19)28-5)29(25,26)18-9-6-16(3)7-10-18/h6-12,15H,13-14H2,1-5H3,(H,22,24). The molecule has 2 aromatic rings. The zero-order chi connectivity index (χ0) is 21.6. The number of benzene rings is 2. The van der Waals surface area contributed by atoms with E-state index in [0.29, 0.717) is 12.3 Å². The van der Waals surface area contributed by atoms with Gasteiger partial charge in [-0.1, -0.05) is 31.5 Å². The molecule has 0 aliphatic rings. The van der Waals surface area contributed by atoms with Crippen molar-refractivity contribution in [3.05, 3.63) is 48.0 Å². The third kappa shape index (κ3) is 5.63. The van der Waals surface area contributed by atoms with Crippen molar-refractivity contribution in [1.29, 1.82) is 0 Å². The van der Waals surface area contributed by atoms with E-state index < -0.39 is 15.9 Å². The Bertz CT molecular complexity index is 940. The van der Waals surface area contributed by atoms with Crippen molar-refractivity contribution >= 4 is 21.6 Å². The number of methoxy groups -OCH3 is 2. The minimum Gasteiger partial charge on any atom is -0.497 e. The van der Waals surface area contributed by atoms with Gasteiger partial charge in [-0.25, -0.2) is 8.42 Å². The molecule has 1 N–H and O–H groups in total. The molecule has 1 amide bonds. The van der Waals surface area contributed by atoms with Gasteiger partial charge in [-0.3, -0.25) is 9.10 Å².